The molecule has 2 fully saturated rings. The van der Waals surface area contributed by atoms with Crippen molar-refractivity contribution in [3.8, 4) is 0 Å². The van der Waals surface area contributed by atoms with E-state index in [1.165, 1.54) is 6.42 Å². The molecule has 1 aliphatic carbocycles. The normalized spacial score (nSPS) is 35.0. The fourth-order valence-electron chi connectivity index (χ4n) is 3.24. The summed E-state index contributed by atoms with van der Waals surface area (Å²) < 4.78 is 5.30. The lowest BCUT2D eigenvalue weighted by Crippen LogP contribution is -2.53. The lowest BCUT2D eigenvalue weighted by Gasteiger charge is -2.33. The Bertz CT molecular complexity index is 349. The van der Waals surface area contributed by atoms with Gasteiger partial charge in [-0.15, -0.1) is 0 Å². The molecule has 5 nitrogen and oxygen atoms in total. The number of amides is 1. The van der Waals surface area contributed by atoms with E-state index >= 15 is 0 Å². The van der Waals surface area contributed by atoms with Crippen molar-refractivity contribution in [3.63, 3.8) is 0 Å². The van der Waals surface area contributed by atoms with E-state index in [1.54, 1.807) is 0 Å². The number of carboxylic acid groups (broad SMARTS) is 1. The van der Waals surface area contributed by atoms with Gasteiger partial charge in [0, 0.05) is 12.5 Å². The maximum absolute atomic E-state index is 12.4. The van der Waals surface area contributed by atoms with Gasteiger partial charge in [0.25, 0.3) is 0 Å². The summed E-state index contributed by atoms with van der Waals surface area (Å²) in [7, 11) is 0. The molecule has 1 saturated carbocycles. The molecule has 3 atom stereocenters. The molecule has 5 heteroatoms. The van der Waals surface area contributed by atoms with Crippen molar-refractivity contribution >= 4 is 11.9 Å². The van der Waals surface area contributed by atoms with Crippen molar-refractivity contribution in [1.82, 2.24) is 5.32 Å². The van der Waals surface area contributed by atoms with E-state index in [0.29, 0.717) is 25.6 Å². The Morgan fingerprint density at radius 3 is 2.68 bits per heavy atom. The van der Waals surface area contributed by atoms with Gasteiger partial charge in [0.1, 0.15) is 0 Å². The van der Waals surface area contributed by atoms with E-state index < -0.39 is 11.5 Å². The molecule has 1 heterocycles. The average Bonchev–Trinajstić information content (AvgIpc) is 2.76. The molecule has 1 saturated heterocycles. The van der Waals surface area contributed by atoms with Gasteiger partial charge < -0.3 is 15.2 Å². The molecule has 1 amide bonds. The molecule has 0 aromatic rings. The second kappa shape index (κ2) is 5.90. The first-order chi connectivity index (χ1) is 9.02. The molecular formula is C14H23NO4. The van der Waals surface area contributed by atoms with E-state index in [2.05, 4.69) is 12.2 Å². The minimum Gasteiger partial charge on any atom is -0.481 e. The zero-order valence-corrected chi connectivity index (χ0v) is 11.5. The molecule has 0 spiro atoms. The predicted octanol–water partition coefficient (Wildman–Crippen LogP) is 1.56. The van der Waals surface area contributed by atoms with Gasteiger partial charge in [-0.25, -0.2) is 0 Å². The van der Waals surface area contributed by atoms with Crippen molar-refractivity contribution in [2.75, 3.05) is 13.2 Å². The molecule has 19 heavy (non-hydrogen) atoms. The van der Waals surface area contributed by atoms with E-state index in [0.717, 1.165) is 19.3 Å². The molecular weight excluding hydrogens is 246 g/mol. The van der Waals surface area contributed by atoms with E-state index in [1.807, 2.05) is 0 Å². The number of rotatable bonds is 4. The van der Waals surface area contributed by atoms with Crippen LogP contribution in [0.5, 0.6) is 0 Å². The van der Waals surface area contributed by atoms with Gasteiger partial charge >= 0.3 is 5.97 Å². The molecule has 2 N–H and O–H groups in total. The summed E-state index contributed by atoms with van der Waals surface area (Å²) in [5.74, 6) is -0.459. The number of hydrogen-bond acceptors (Lipinski definition) is 3. The summed E-state index contributed by atoms with van der Waals surface area (Å²) in [6.07, 6.45) is 4.81. The lowest BCUT2D eigenvalue weighted by molar-refractivity contribution is -0.139. The second-order valence-electron chi connectivity index (χ2n) is 6.01. The lowest BCUT2D eigenvalue weighted by atomic mass is 9.79. The third kappa shape index (κ3) is 3.47. The largest absolute Gasteiger partial charge is 0.481 e. The van der Waals surface area contributed by atoms with Crippen molar-refractivity contribution in [1.29, 1.82) is 0 Å². The SMILES string of the molecule is CC1CCCCC1C(=O)NC1(CC(=O)O)CCOC1. The standard InChI is InChI=1S/C14H23NO4/c1-10-4-2-3-5-11(10)13(18)15-14(8-12(16)17)6-7-19-9-14/h10-11H,2-9H2,1H3,(H,15,18)(H,16,17). The van der Waals surface area contributed by atoms with Crippen molar-refractivity contribution in [3.05, 3.63) is 0 Å². The minimum absolute atomic E-state index is 0.0129. The number of hydrogen-bond donors (Lipinski definition) is 2. The molecule has 108 valence electrons. The summed E-state index contributed by atoms with van der Waals surface area (Å²) in [6, 6.07) is 0. The second-order valence-corrected chi connectivity index (χ2v) is 6.01. The maximum Gasteiger partial charge on any atom is 0.305 e. The van der Waals surface area contributed by atoms with Crippen LogP contribution in [-0.4, -0.2) is 35.7 Å². The fraction of sp³-hybridized carbons (Fsp3) is 0.857. The first-order valence-electron chi connectivity index (χ1n) is 7.14. The molecule has 0 aromatic heterocycles. The Hall–Kier alpha value is -1.10. The third-order valence-corrected chi connectivity index (χ3v) is 4.43. The van der Waals surface area contributed by atoms with Crippen molar-refractivity contribution in [2.24, 2.45) is 11.8 Å². The monoisotopic (exact) mass is 269 g/mol. The summed E-state index contributed by atoms with van der Waals surface area (Å²) in [6.45, 7) is 2.94. The highest BCUT2D eigenvalue weighted by Crippen LogP contribution is 2.31. The van der Waals surface area contributed by atoms with Gasteiger partial charge in [-0.3, -0.25) is 9.59 Å². The number of carbonyl (C=O) groups is 2. The number of aliphatic carboxylic acids is 1. The highest BCUT2D eigenvalue weighted by atomic mass is 16.5. The van der Waals surface area contributed by atoms with Crippen molar-refractivity contribution in [2.45, 2.75) is 51.0 Å². The predicted molar refractivity (Wildman–Crippen MR) is 69.7 cm³/mol. The topological polar surface area (TPSA) is 75.6 Å². The van der Waals surface area contributed by atoms with Crippen LogP contribution >= 0.6 is 0 Å². The number of nitrogens with one attached hydrogen (secondary N) is 1. The van der Waals surface area contributed by atoms with Crippen LogP contribution in [0.25, 0.3) is 0 Å². The van der Waals surface area contributed by atoms with E-state index in [-0.39, 0.29) is 18.2 Å². The summed E-state index contributed by atoms with van der Waals surface area (Å²) in [4.78, 5) is 23.4. The third-order valence-electron chi connectivity index (χ3n) is 4.43. The highest BCUT2D eigenvalue weighted by Gasteiger charge is 2.40. The van der Waals surface area contributed by atoms with Gasteiger partial charge in [0.2, 0.25) is 5.91 Å². The molecule has 2 rings (SSSR count). The zero-order chi connectivity index (χ0) is 13.9. The molecule has 1 aliphatic heterocycles. The van der Waals surface area contributed by atoms with Gasteiger partial charge in [0.05, 0.1) is 18.6 Å². The molecule has 0 radical (unpaired) electrons. The average molecular weight is 269 g/mol. The Morgan fingerprint density at radius 1 is 1.37 bits per heavy atom. The number of carboxylic acids is 1. The quantitative estimate of drug-likeness (QED) is 0.812. The number of ether oxygens (including phenoxy) is 1. The van der Waals surface area contributed by atoms with E-state index in [9.17, 15) is 9.59 Å². The van der Waals surface area contributed by atoms with Gasteiger partial charge in [0.15, 0.2) is 0 Å². The van der Waals surface area contributed by atoms with Crippen LogP contribution in [0.2, 0.25) is 0 Å². The van der Waals surface area contributed by atoms with Crippen LogP contribution in [0.4, 0.5) is 0 Å². The van der Waals surface area contributed by atoms with Crippen LogP contribution in [-0.2, 0) is 14.3 Å². The number of carbonyl (C=O) groups excluding carboxylic acids is 1. The first-order valence-corrected chi connectivity index (χ1v) is 7.14. The Kier molecular flexibility index (Phi) is 4.45. The van der Waals surface area contributed by atoms with Crippen LogP contribution in [0.15, 0.2) is 0 Å². The summed E-state index contributed by atoms with van der Waals surface area (Å²) >= 11 is 0. The zero-order valence-electron chi connectivity index (χ0n) is 11.5. The van der Waals surface area contributed by atoms with Crippen LogP contribution < -0.4 is 5.32 Å². The highest BCUT2D eigenvalue weighted by molar-refractivity contribution is 5.81. The Balaban J connectivity index is 2.00. The van der Waals surface area contributed by atoms with Crippen LogP contribution in [0.1, 0.15) is 45.4 Å². The Labute approximate surface area is 113 Å². The van der Waals surface area contributed by atoms with Gasteiger partial charge in [-0.1, -0.05) is 19.8 Å². The molecule has 3 unspecified atom stereocenters. The van der Waals surface area contributed by atoms with Gasteiger partial charge in [-0.05, 0) is 25.2 Å². The molecule has 0 aromatic carbocycles. The van der Waals surface area contributed by atoms with Crippen LogP contribution in [0, 0.1) is 11.8 Å². The van der Waals surface area contributed by atoms with Crippen LogP contribution in [0.3, 0.4) is 0 Å². The van der Waals surface area contributed by atoms with E-state index in [4.69, 9.17) is 9.84 Å². The molecule has 2 aliphatic rings. The molecule has 0 bridgehead atoms. The smallest absolute Gasteiger partial charge is 0.305 e. The minimum atomic E-state index is -0.887. The first kappa shape index (κ1) is 14.3. The van der Waals surface area contributed by atoms with Crippen molar-refractivity contribution < 1.29 is 19.4 Å². The fourth-order valence-corrected chi connectivity index (χ4v) is 3.24. The van der Waals surface area contributed by atoms with Gasteiger partial charge in [-0.2, -0.15) is 0 Å². The Morgan fingerprint density at radius 2 is 2.11 bits per heavy atom. The summed E-state index contributed by atoms with van der Waals surface area (Å²) in [5, 5.41) is 12.0. The maximum atomic E-state index is 12.4. The summed E-state index contributed by atoms with van der Waals surface area (Å²) in [5.41, 5.74) is -0.694.